The van der Waals surface area contributed by atoms with E-state index in [4.69, 9.17) is 22.1 Å². The monoisotopic (exact) mass is 329 g/mol. The van der Waals surface area contributed by atoms with E-state index in [1.54, 1.807) is 0 Å². The first-order valence-corrected chi connectivity index (χ1v) is 8.50. The number of carbonyl (C=O) groups is 1. The second kappa shape index (κ2) is 8.06. The highest BCUT2D eigenvalue weighted by Gasteiger charge is 2.22. The van der Waals surface area contributed by atoms with Crippen molar-refractivity contribution in [3.05, 3.63) is 34.9 Å². The van der Waals surface area contributed by atoms with Crippen LogP contribution in [0.5, 0.6) is 0 Å². The van der Waals surface area contributed by atoms with Gasteiger partial charge in [-0.25, -0.2) is 0 Å². The van der Waals surface area contributed by atoms with Gasteiger partial charge in [-0.15, -0.1) is 11.8 Å². The van der Waals surface area contributed by atoms with Crippen molar-refractivity contribution in [2.45, 2.75) is 51.0 Å². The zero-order valence-corrected chi connectivity index (χ0v) is 14.6. The van der Waals surface area contributed by atoms with Gasteiger partial charge in [0.1, 0.15) is 5.60 Å². The van der Waals surface area contributed by atoms with Crippen molar-refractivity contribution in [3.63, 3.8) is 0 Å². The van der Waals surface area contributed by atoms with Gasteiger partial charge in [0.05, 0.1) is 5.75 Å². The zero-order chi connectivity index (χ0) is 16.0. The van der Waals surface area contributed by atoms with Gasteiger partial charge in [-0.05, 0) is 44.9 Å². The first-order valence-electron chi connectivity index (χ1n) is 7.07. The number of benzene rings is 1. The normalized spacial score (nSPS) is 14.6. The molecule has 0 saturated carbocycles. The van der Waals surface area contributed by atoms with Crippen LogP contribution >= 0.6 is 23.4 Å². The van der Waals surface area contributed by atoms with Gasteiger partial charge in [-0.2, -0.15) is 0 Å². The smallest absolute Gasteiger partial charge is 0.316 e. The van der Waals surface area contributed by atoms with E-state index in [9.17, 15) is 4.79 Å². The Balaban J connectivity index is 2.71. The second-order valence-electron chi connectivity index (χ2n) is 5.94. The first kappa shape index (κ1) is 18.3. The number of thioether (sulfide) groups is 1. The molecule has 1 aromatic carbocycles. The molecule has 0 radical (unpaired) electrons. The quantitative estimate of drug-likeness (QED) is 0.795. The summed E-state index contributed by atoms with van der Waals surface area (Å²) in [6.45, 7) is 7.64. The van der Waals surface area contributed by atoms with Crippen LogP contribution in [-0.4, -0.2) is 23.4 Å². The zero-order valence-electron chi connectivity index (χ0n) is 13.1. The molecule has 1 rings (SSSR count). The van der Waals surface area contributed by atoms with Gasteiger partial charge >= 0.3 is 5.97 Å². The Bertz CT molecular complexity index is 456. The standard InChI is InChI=1S/C16H24ClNO2S/c1-5-13(18)15(11-6-8-12(17)9-7-11)21-10-14(19)20-16(2,3)4/h6-9,13,15H,5,10,18H2,1-4H3. The Labute approximate surface area is 136 Å². The summed E-state index contributed by atoms with van der Waals surface area (Å²) in [4.78, 5) is 11.9. The molecule has 2 N–H and O–H groups in total. The average molecular weight is 330 g/mol. The maximum Gasteiger partial charge on any atom is 0.316 e. The molecular weight excluding hydrogens is 306 g/mol. The van der Waals surface area contributed by atoms with Crippen LogP contribution in [0, 0.1) is 0 Å². The van der Waals surface area contributed by atoms with Crippen molar-refractivity contribution in [1.29, 1.82) is 0 Å². The highest BCUT2D eigenvalue weighted by Crippen LogP contribution is 2.33. The largest absolute Gasteiger partial charge is 0.459 e. The van der Waals surface area contributed by atoms with Gasteiger partial charge in [0, 0.05) is 16.3 Å². The van der Waals surface area contributed by atoms with Gasteiger partial charge in [0.25, 0.3) is 0 Å². The molecule has 0 saturated heterocycles. The lowest BCUT2D eigenvalue weighted by atomic mass is 10.0. The Morgan fingerprint density at radius 2 is 1.90 bits per heavy atom. The molecule has 118 valence electrons. The van der Waals surface area contributed by atoms with Crippen LogP contribution in [0.15, 0.2) is 24.3 Å². The average Bonchev–Trinajstić information content (AvgIpc) is 2.38. The summed E-state index contributed by atoms with van der Waals surface area (Å²) in [6.07, 6.45) is 0.842. The maximum absolute atomic E-state index is 11.9. The molecule has 1 aromatic rings. The maximum atomic E-state index is 11.9. The summed E-state index contributed by atoms with van der Waals surface area (Å²) in [5.74, 6) is 0.0768. The van der Waals surface area contributed by atoms with Crippen molar-refractivity contribution in [2.75, 3.05) is 5.75 Å². The Morgan fingerprint density at radius 3 is 2.38 bits per heavy atom. The molecule has 5 heteroatoms. The number of carbonyl (C=O) groups excluding carboxylic acids is 1. The molecule has 0 aliphatic rings. The van der Waals surface area contributed by atoms with Crippen molar-refractivity contribution < 1.29 is 9.53 Å². The van der Waals surface area contributed by atoms with Crippen LogP contribution in [0.25, 0.3) is 0 Å². The van der Waals surface area contributed by atoms with E-state index in [-0.39, 0.29) is 23.0 Å². The van der Waals surface area contributed by atoms with Crippen LogP contribution < -0.4 is 5.73 Å². The van der Waals surface area contributed by atoms with Gasteiger partial charge in [0.15, 0.2) is 0 Å². The predicted octanol–water partition coefficient (Wildman–Crippen LogP) is 4.19. The number of nitrogens with two attached hydrogens (primary N) is 1. The third kappa shape index (κ3) is 6.72. The number of ether oxygens (including phenoxy) is 1. The minimum Gasteiger partial charge on any atom is -0.459 e. The fourth-order valence-corrected chi connectivity index (χ4v) is 3.15. The summed E-state index contributed by atoms with van der Waals surface area (Å²) in [5.41, 5.74) is 6.82. The minimum atomic E-state index is -0.458. The predicted molar refractivity (Wildman–Crippen MR) is 90.8 cm³/mol. The fourth-order valence-electron chi connectivity index (χ4n) is 1.86. The lowest BCUT2D eigenvalue weighted by Crippen LogP contribution is -2.28. The van der Waals surface area contributed by atoms with Crippen LogP contribution in [0.1, 0.15) is 44.9 Å². The number of hydrogen-bond donors (Lipinski definition) is 1. The van der Waals surface area contributed by atoms with Gasteiger partial charge < -0.3 is 10.5 Å². The van der Waals surface area contributed by atoms with Crippen LogP contribution in [-0.2, 0) is 9.53 Å². The summed E-state index contributed by atoms with van der Waals surface area (Å²) >= 11 is 7.44. The van der Waals surface area contributed by atoms with E-state index in [0.717, 1.165) is 12.0 Å². The number of rotatable bonds is 6. The first-order chi connectivity index (χ1) is 9.73. The summed E-state index contributed by atoms with van der Waals surface area (Å²) < 4.78 is 5.33. The molecule has 0 spiro atoms. The van der Waals surface area contributed by atoms with Crippen molar-refractivity contribution >= 4 is 29.3 Å². The molecule has 3 nitrogen and oxygen atoms in total. The van der Waals surface area contributed by atoms with E-state index in [1.807, 2.05) is 52.0 Å². The Kier molecular flexibility index (Phi) is 7.04. The van der Waals surface area contributed by atoms with Crippen LogP contribution in [0.2, 0.25) is 5.02 Å². The molecule has 0 aliphatic carbocycles. The molecule has 0 aromatic heterocycles. The number of esters is 1. The molecule has 2 atom stereocenters. The minimum absolute atomic E-state index is 0.0152. The SMILES string of the molecule is CCC(N)C(SCC(=O)OC(C)(C)C)c1ccc(Cl)cc1. The molecule has 0 heterocycles. The lowest BCUT2D eigenvalue weighted by Gasteiger charge is -2.24. The molecule has 2 unspecified atom stereocenters. The molecular formula is C16H24ClNO2S. The highest BCUT2D eigenvalue weighted by molar-refractivity contribution is 8.00. The van der Waals surface area contributed by atoms with E-state index < -0.39 is 5.60 Å². The van der Waals surface area contributed by atoms with Crippen molar-refractivity contribution in [1.82, 2.24) is 0 Å². The third-order valence-electron chi connectivity index (χ3n) is 2.86. The van der Waals surface area contributed by atoms with Crippen molar-refractivity contribution in [3.8, 4) is 0 Å². The highest BCUT2D eigenvalue weighted by atomic mass is 35.5. The van der Waals surface area contributed by atoms with E-state index >= 15 is 0 Å². The molecule has 0 amide bonds. The van der Waals surface area contributed by atoms with Gasteiger partial charge in [0.2, 0.25) is 0 Å². The molecule has 21 heavy (non-hydrogen) atoms. The lowest BCUT2D eigenvalue weighted by molar-refractivity contribution is -0.151. The third-order valence-corrected chi connectivity index (χ3v) is 4.49. The Hall–Kier alpha value is -0.710. The van der Waals surface area contributed by atoms with E-state index in [1.165, 1.54) is 11.8 Å². The van der Waals surface area contributed by atoms with Crippen LogP contribution in [0.3, 0.4) is 0 Å². The van der Waals surface area contributed by atoms with E-state index in [2.05, 4.69) is 0 Å². The molecule has 0 fully saturated rings. The second-order valence-corrected chi connectivity index (χ2v) is 7.51. The number of hydrogen-bond acceptors (Lipinski definition) is 4. The number of halogens is 1. The summed E-state index contributed by atoms with van der Waals surface area (Å²) in [7, 11) is 0. The topological polar surface area (TPSA) is 52.3 Å². The molecule has 0 bridgehead atoms. The molecule has 0 aliphatic heterocycles. The van der Waals surface area contributed by atoms with Gasteiger partial charge in [-0.1, -0.05) is 30.7 Å². The van der Waals surface area contributed by atoms with Crippen molar-refractivity contribution in [2.24, 2.45) is 5.73 Å². The fraction of sp³-hybridized carbons (Fsp3) is 0.562. The Morgan fingerprint density at radius 1 is 1.33 bits per heavy atom. The summed E-state index contributed by atoms with van der Waals surface area (Å²) in [6, 6.07) is 7.61. The van der Waals surface area contributed by atoms with Crippen LogP contribution in [0.4, 0.5) is 0 Å². The van der Waals surface area contributed by atoms with E-state index in [0.29, 0.717) is 5.02 Å². The summed E-state index contributed by atoms with van der Waals surface area (Å²) in [5, 5.41) is 0.750. The van der Waals surface area contributed by atoms with Gasteiger partial charge in [-0.3, -0.25) is 4.79 Å².